The van der Waals surface area contributed by atoms with E-state index in [4.69, 9.17) is 11.6 Å². The molecule has 1 aliphatic rings. The third kappa shape index (κ3) is 5.01. The van der Waals surface area contributed by atoms with Crippen LogP contribution in [0.1, 0.15) is 36.8 Å². The Morgan fingerprint density at radius 1 is 1.36 bits per heavy atom. The minimum absolute atomic E-state index is 0.112. The number of aliphatic hydroxyl groups is 1. The van der Waals surface area contributed by atoms with Gasteiger partial charge in [0.15, 0.2) is 0 Å². The van der Waals surface area contributed by atoms with E-state index < -0.39 is 0 Å². The van der Waals surface area contributed by atoms with Gasteiger partial charge in [0.1, 0.15) is 5.82 Å². The number of anilines is 3. The van der Waals surface area contributed by atoms with Crippen molar-refractivity contribution in [2.24, 2.45) is 10.9 Å². The lowest BCUT2D eigenvalue weighted by atomic mass is 9.85. The zero-order chi connectivity index (χ0) is 20.1. The van der Waals surface area contributed by atoms with Gasteiger partial charge in [-0.15, -0.1) is 0 Å². The molecule has 0 radical (unpaired) electrons. The van der Waals surface area contributed by atoms with Crippen molar-refractivity contribution < 1.29 is 5.11 Å². The summed E-state index contributed by atoms with van der Waals surface area (Å²) >= 11 is 9.61. The smallest absolute Gasteiger partial charge is 0.229 e. The summed E-state index contributed by atoms with van der Waals surface area (Å²) in [7, 11) is 1.83. The molecule has 1 unspecified atom stereocenters. The quantitative estimate of drug-likeness (QED) is 0.515. The molecular formula is C20H25BrClN5O. The molecule has 0 spiro atoms. The fourth-order valence-corrected chi connectivity index (χ4v) is 4.09. The highest BCUT2D eigenvalue weighted by Crippen LogP contribution is 2.32. The Bertz CT molecular complexity index is 861. The Morgan fingerprint density at radius 3 is 2.89 bits per heavy atom. The Morgan fingerprint density at radius 2 is 2.14 bits per heavy atom. The first-order chi connectivity index (χ1) is 13.5. The third-order valence-corrected chi connectivity index (χ3v) is 6.45. The van der Waals surface area contributed by atoms with Crippen molar-refractivity contribution in [1.82, 2.24) is 9.97 Å². The van der Waals surface area contributed by atoms with Crippen molar-refractivity contribution in [3.05, 3.63) is 39.0 Å². The van der Waals surface area contributed by atoms with Gasteiger partial charge in [-0.25, -0.2) is 4.98 Å². The maximum absolute atomic E-state index is 9.50. The van der Waals surface area contributed by atoms with Crippen LogP contribution in [-0.2, 0) is 6.61 Å². The van der Waals surface area contributed by atoms with Crippen LogP contribution in [-0.4, -0.2) is 34.4 Å². The third-order valence-electron chi connectivity index (χ3n) is 4.98. The standard InChI is InChI=1S/C20H25BrClN5O/c1-12-9-24-20(25-15-7-14(11-28)18(21)16(22)8-15)27-19(12)26-17-6-4-3-5-13(17)10-23-2/h7-10,13,17,28H,3-6,11H2,1-2H3,(H2,24,25,26,27)/t13?,17-/m0/s1. The van der Waals surface area contributed by atoms with E-state index >= 15 is 0 Å². The first kappa shape index (κ1) is 21.0. The molecule has 150 valence electrons. The Labute approximate surface area is 179 Å². The van der Waals surface area contributed by atoms with Gasteiger partial charge in [0.25, 0.3) is 0 Å². The summed E-state index contributed by atoms with van der Waals surface area (Å²) in [4.78, 5) is 13.3. The average Bonchev–Trinajstić information content (AvgIpc) is 2.69. The van der Waals surface area contributed by atoms with Gasteiger partial charge in [0.05, 0.1) is 11.6 Å². The van der Waals surface area contributed by atoms with Crippen LogP contribution in [0.5, 0.6) is 0 Å². The van der Waals surface area contributed by atoms with Crippen LogP contribution in [0, 0.1) is 12.8 Å². The first-order valence-corrected chi connectivity index (χ1v) is 10.6. The molecule has 1 saturated carbocycles. The number of aliphatic imine (C=N–C) groups is 1. The second-order valence-corrected chi connectivity index (χ2v) is 8.25. The van der Waals surface area contributed by atoms with Crippen molar-refractivity contribution >= 4 is 51.2 Å². The maximum atomic E-state index is 9.50. The molecule has 0 bridgehead atoms. The van der Waals surface area contributed by atoms with Gasteiger partial charge in [0.2, 0.25) is 5.95 Å². The van der Waals surface area contributed by atoms with Gasteiger partial charge in [-0.05, 0) is 53.4 Å². The molecule has 8 heteroatoms. The average molecular weight is 467 g/mol. The summed E-state index contributed by atoms with van der Waals surface area (Å²) in [6, 6.07) is 3.92. The number of hydrogen-bond donors (Lipinski definition) is 3. The molecule has 0 aliphatic heterocycles. The zero-order valence-electron chi connectivity index (χ0n) is 16.0. The molecular weight excluding hydrogens is 442 g/mol. The summed E-state index contributed by atoms with van der Waals surface area (Å²) in [5.74, 6) is 1.72. The lowest BCUT2D eigenvalue weighted by molar-refractivity contribution is 0.281. The van der Waals surface area contributed by atoms with Gasteiger partial charge >= 0.3 is 0 Å². The molecule has 3 N–H and O–H groups in total. The van der Waals surface area contributed by atoms with Crippen LogP contribution in [0.4, 0.5) is 17.5 Å². The summed E-state index contributed by atoms with van der Waals surface area (Å²) in [6.45, 7) is 1.89. The van der Waals surface area contributed by atoms with Gasteiger partial charge in [0, 0.05) is 47.1 Å². The normalized spacial score (nSPS) is 19.8. The lowest BCUT2D eigenvalue weighted by Crippen LogP contribution is -2.33. The monoisotopic (exact) mass is 465 g/mol. The zero-order valence-corrected chi connectivity index (χ0v) is 18.4. The van der Waals surface area contributed by atoms with Crippen LogP contribution in [0.2, 0.25) is 5.02 Å². The van der Waals surface area contributed by atoms with E-state index in [0.29, 0.717) is 33.0 Å². The Kier molecular flexibility index (Phi) is 7.26. The molecule has 3 rings (SSSR count). The number of aliphatic hydroxyl groups excluding tert-OH is 1. The highest BCUT2D eigenvalue weighted by molar-refractivity contribution is 9.10. The number of rotatable bonds is 6. The van der Waals surface area contributed by atoms with Gasteiger partial charge in [-0.3, -0.25) is 0 Å². The predicted molar refractivity (Wildman–Crippen MR) is 119 cm³/mol. The number of nitrogens with zero attached hydrogens (tertiary/aromatic N) is 3. The van der Waals surface area contributed by atoms with E-state index in [2.05, 4.69) is 41.5 Å². The molecule has 1 aromatic carbocycles. The van der Waals surface area contributed by atoms with Crippen molar-refractivity contribution in [2.45, 2.75) is 45.3 Å². The second kappa shape index (κ2) is 9.67. The van der Waals surface area contributed by atoms with E-state index in [1.54, 1.807) is 12.3 Å². The maximum Gasteiger partial charge on any atom is 0.229 e. The molecule has 1 fully saturated rings. The number of nitrogens with one attached hydrogen (secondary N) is 2. The number of benzene rings is 1. The highest BCUT2D eigenvalue weighted by atomic mass is 79.9. The largest absolute Gasteiger partial charge is 0.392 e. The fraction of sp³-hybridized carbons (Fsp3) is 0.450. The predicted octanol–water partition coefficient (Wildman–Crippen LogP) is 5.11. The molecule has 2 atom stereocenters. The van der Waals surface area contributed by atoms with Crippen LogP contribution >= 0.6 is 27.5 Å². The van der Waals surface area contributed by atoms with Crippen molar-refractivity contribution in [1.29, 1.82) is 0 Å². The van der Waals surface area contributed by atoms with Crippen molar-refractivity contribution in [3.63, 3.8) is 0 Å². The van der Waals surface area contributed by atoms with Crippen molar-refractivity contribution in [2.75, 3.05) is 17.7 Å². The molecule has 1 heterocycles. The summed E-state index contributed by atoms with van der Waals surface area (Å²) in [5, 5.41) is 16.8. The molecule has 6 nitrogen and oxygen atoms in total. The fourth-order valence-electron chi connectivity index (χ4n) is 3.49. The Hall–Kier alpha value is -1.70. The number of aromatic nitrogens is 2. The first-order valence-electron chi connectivity index (χ1n) is 9.40. The molecule has 1 aromatic heterocycles. The number of aryl methyl sites for hydroxylation is 1. The second-order valence-electron chi connectivity index (χ2n) is 7.05. The summed E-state index contributed by atoms with van der Waals surface area (Å²) < 4.78 is 0.690. The van der Waals surface area contributed by atoms with E-state index in [1.807, 2.05) is 26.3 Å². The highest BCUT2D eigenvalue weighted by Gasteiger charge is 2.24. The number of hydrogen-bond acceptors (Lipinski definition) is 6. The van der Waals surface area contributed by atoms with E-state index in [-0.39, 0.29) is 6.61 Å². The summed E-state index contributed by atoms with van der Waals surface area (Å²) in [5.41, 5.74) is 2.42. The van der Waals surface area contributed by atoms with Crippen LogP contribution < -0.4 is 10.6 Å². The SMILES string of the molecule is CN=CC1CCCC[C@@H]1Nc1nc(Nc2cc(Cl)c(Br)c(CO)c2)ncc1C. The topological polar surface area (TPSA) is 82.4 Å². The molecule has 2 aromatic rings. The van der Waals surface area contributed by atoms with Gasteiger partial charge in [-0.1, -0.05) is 24.4 Å². The van der Waals surface area contributed by atoms with E-state index in [9.17, 15) is 5.11 Å². The lowest BCUT2D eigenvalue weighted by Gasteiger charge is -2.30. The minimum Gasteiger partial charge on any atom is -0.392 e. The Balaban J connectivity index is 1.81. The van der Waals surface area contributed by atoms with Crippen LogP contribution in [0.25, 0.3) is 0 Å². The van der Waals surface area contributed by atoms with Crippen LogP contribution in [0.3, 0.4) is 0 Å². The molecule has 28 heavy (non-hydrogen) atoms. The summed E-state index contributed by atoms with van der Waals surface area (Å²) in [6.07, 6.45) is 8.55. The van der Waals surface area contributed by atoms with E-state index in [1.165, 1.54) is 12.8 Å². The van der Waals surface area contributed by atoms with Gasteiger partial charge in [-0.2, -0.15) is 4.98 Å². The molecule has 1 aliphatic carbocycles. The minimum atomic E-state index is -0.112. The van der Waals surface area contributed by atoms with E-state index in [0.717, 1.165) is 29.9 Å². The molecule has 0 saturated heterocycles. The van der Waals surface area contributed by atoms with Crippen LogP contribution in [0.15, 0.2) is 27.8 Å². The molecule has 0 amide bonds. The van der Waals surface area contributed by atoms with Gasteiger partial charge < -0.3 is 20.7 Å². The van der Waals surface area contributed by atoms with Crippen molar-refractivity contribution in [3.8, 4) is 0 Å². The number of halogens is 2.